The Bertz CT molecular complexity index is 1020. The van der Waals surface area contributed by atoms with Gasteiger partial charge >= 0.3 is 6.61 Å². The van der Waals surface area contributed by atoms with Crippen molar-refractivity contribution in [3.05, 3.63) is 58.6 Å². The zero-order valence-electron chi connectivity index (χ0n) is 15.4. The van der Waals surface area contributed by atoms with Crippen molar-refractivity contribution in [2.24, 2.45) is 0 Å². The van der Waals surface area contributed by atoms with Crippen LogP contribution in [0, 0.1) is 0 Å². The van der Waals surface area contributed by atoms with Crippen LogP contribution in [0.3, 0.4) is 0 Å². The Labute approximate surface area is 172 Å². The van der Waals surface area contributed by atoms with Crippen LogP contribution in [0.1, 0.15) is 18.1 Å². The predicted molar refractivity (Wildman–Crippen MR) is 106 cm³/mol. The highest BCUT2D eigenvalue weighted by Gasteiger charge is 2.38. The van der Waals surface area contributed by atoms with Crippen LogP contribution >= 0.6 is 11.6 Å². The monoisotopic (exact) mass is 444 g/mol. The van der Waals surface area contributed by atoms with Crippen molar-refractivity contribution in [3.63, 3.8) is 0 Å². The maximum Gasteiger partial charge on any atom is 0.387 e. The summed E-state index contributed by atoms with van der Waals surface area (Å²) in [7, 11) is -3.64. The first-order chi connectivity index (χ1) is 13.7. The van der Waals surface area contributed by atoms with Gasteiger partial charge in [0.15, 0.2) is 0 Å². The number of hydrogen-bond acceptors (Lipinski definition) is 4. The smallest absolute Gasteiger partial charge is 0.387 e. The predicted octanol–water partition coefficient (Wildman–Crippen LogP) is 3.66. The number of sulfonamides is 1. The molecule has 2 aromatic carbocycles. The second kappa shape index (κ2) is 8.64. The summed E-state index contributed by atoms with van der Waals surface area (Å²) < 4.78 is 55.3. The molecule has 1 atom stereocenters. The largest absolute Gasteiger partial charge is 0.433 e. The zero-order chi connectivity index (χ0) is 21.2. The summed E-state index contributed by atoms with van der Waals surface area (Å²) in [4.78, 5) is 12.9. The molecule has 0 saturated carbocycles. The van der Waals surface area contributed by atoms with Crippen LogP contribution in [-0.2, 0) is 27.8 Å². The summed E-state index contributed by atoms with van der Waals surface area (Å²) in [5.74, 6) is -0.888. The molecule has 0 bridgehead atoms. The van der Waals surface area contributed by atoms with Crippen LogP contribution in [0.15, 0.2) is 42.5 Å². The van der Waals surface area contributed by atoms with Crippen LogP contribution in [0.4, 0.5) is 14.5 Å². The summed E-state index contributed by atoms with van der Waals surface area (Å²) in [5.41, 5.74) is 1.99. The minimum atomic E-state index is -3.64. The van der Waals surface area contributed by atoms with Crippen LogP contribution < -0.4 is 10.1 Å². The highest BCUT2D eigenvalue weighted by molar-refractivity contribution is 7.89. The van der Waals surface area contributed by atoms with Crippen molar-refractivity contribution in [3.8, 4) is 5.75 Å². The van der Waals surface area contributed by atoms with Gasteiger partial charge in [-0.2, -0.15) is 13.1 Å². The maximum absolute atomic E-state index is 12.9. The number of benzene rings is 2. The number of rotatable bonds is 6. The Kier molecular flexibility index (Phi) is 6.40. The number of anilines is 1. The van der Waals surface area contributed by atoms with E-state index in [2.05, 4.69) is 10.1 Å². The van der Waals surface area contributed by atoms with Gasteiger partial charge < -0.3 is 10.1 Å². The SMILES string of the molecule is CCS(=O)(=O)N1Cc2ccccc2C[C@@H]1C(=O)Nc1ccc(OC(F)F)c(Cl)c1. The Balaban J connectivity index is 1.85. The first kappa shape index (κ1) is 21.5. The zero-order valence-corrected chi connectivity index (χ0v) is 17.0. The van der Waals surface area contributed by atoms with E-state index in [-0.39, 0.29) is 35.2 Å². The standard InChI is InChI=1S/C19H19ClF2N2O4S/c1-2-29(26,27)24-11-13-6-4-3-5-12(13)9-16(24)18(25)23-14-7-8-17(15(20)10-14)28-19(21)22/h3-8,10,16,19H,2,9,11H2,1H3,(H,23,25)/t16-/m1/s1. The molecule has 2 aromatic rings. The lowest BCUT2D eigenvalue weighted by atomic mass is 9.95. The van der Waals surface area contributed by atoms with Crippen LogP contribution in [0.5, 0.6) is 5.75 Å². The third kappa shape index (κ3) is 4.85. The molecule has 0 aliphatic carbocycles. The van der Waals surface area contributed by atoms with Gasteiger partial charge in [0.1, 0.15) is 11.8 Å². The van der Waals surface area contributed by atoms with E-state index in [0.717, 1.165) is 11.1 Å². The number of nitrogens with zero attached hydrogens (tertiary/aromatic N) is 1. The van der Waals surface area contributed by atoms with Gasteiger partial charge in [-0.1, -0.05) is 35.9 Å². The molecule has 10 heteroatoms. The lowest BCUT2D eigenvalue weighted by Crippen LogP contribution is -2.51. The fraction of sp³-hybridized carbons (Fsp3) is 0.316. The summed E-state index contributed by atoms with van der Waals surface area (Å²) in [6, 6.07) is 10.2. The first-order valence-corrected chi connectivity index (χ1v) is 10.8. The molecule has 3 rings (SSSR count). The minimum absolute atomic E-state index is 0.102. The number of alkyl halides is 2. The number of fused-ring (bicyclic) bond motifs is 1. The second-order valence-electron chi connectivity index (χ2n) is 6.45. The summed E-state index contributed by atoms with van der Waals surface area (Å²) in [6.45, 7) is -1.40. The maximum atomic E-state index is 12.9. The van der Waals surface area contributed by atoms with Crippen molar-refractivity contribution in [2.45, 2.75) is 32.5 Å². The molecule has 0 spiro atoms. The quantitative estimate of drug-likeness (QED) is 0.737. The molecule has 1 N–H and O–H groups in total. The van der Waals surface area contributed by atoms with E-state index < -0.39 is 28.6 Å². The molecule has 1 heterocycles. The number of ether oxygens (including phenoxy) is 1. The number of carbonyl (C=O) groups is 1. The minimum Gasteiger partial charge on any atom is -0.433 e. The van der Waals surface area contributed by atoms with Crippen molar-refractivity contribution in [2.75, 3.05) is 11.1 Å². The summed E-state index contributed by atoms with van der Waals surface area (Å²) >= 11 is 5.92. The molecule has 0 saturated heterocycles. The lowest BCUT2D eigenvalue weighted by molar-refractivity contribution is -0.120. The molecule has 6 nitrogen and oxygen atoms in total. The van der Waals surface area contributed by atoms with Gasteiger partial charge in [0.25, 0.3) is 0 Å². The highest BCUT2D eigenvalue weighted by atomic mass is 35.5. The molecule has 0 unspecified atom stereocenters. The molecule has 0 radical (unpaired) electrons. The third-order valence-electron chi connectivity index (χ3n) is 4.65. The average Bonchev–Trinajstić information content (AvgIpc) is 2.68. The van der Waals surface area contributed by atoms with Gasteiger partial charge in [0, 0.05) is 12.2 Å². The van der Waals surface area contributed by atoms with Crippen molar-refractivity contribution >= 4 is 33.2 Å². The molecule has 29 heavy (non-hydrogen) atoms. The lowest BCUT2D eigenvalue weighted by Gasteiger charge is -2.34. The highest BCUT2D eigenvalue weighted by Crippen LogP contribution is 2.30. The number of carbonyl (C=O) groups excluding carboxylic acids is 1. The average molecular weight is 445 g/mol. The third-order valence-corrected chi connectivity index (χ3v) is 6.77. The van der Waals surface area contributed by atoms with Crippen molar-refractivity contribution < 1.29 is 26.7 Å². The van der Waals surface area contributed by atoms with E-state index in [9.17, 15) is 22.0 Å². The summed E-state index contributed by atoms with van der Waals surface area (Å²) in [5, 5.41) is 2.52. The molecular weight excluding hydrogens is 426 g/mol. The number of nitrogens with one attached hydrogen (secondary N) is 1. The van der Waals surface area contributed by atoms with E-state index in [4.69, 9.17) is 11.6 Å². The van der Waals surface area contributed by atoms with E-state index in [1.165, 1.54) is 29.4 Å². The van der Waals surface area contributed by atoms with Crippen LogP contribution in [0.2, 0.25) is 5.02 Å². The van der Waals surface area contributed by atoms with E-state index in [1.807, 2.05) is 24.3 Å². The van der Waals surface area contributed by atoms with E-state index in [1.54, 1.807) is 0 Å². The van der Waals surface area contributed by atoms with Crippen LogP contribution in [-0.4, -0.2) is 37.0 Å². The Hall–Kier alpha value is -2.23. The van der Waals surface area contributed by atoms with Gasteiger partial charge in [-0.25, -0.2) is 8.42 Å². The topological polar surface area (TPSA) is 75.7 Å². The van der Waals surface area contributed by atoms with E-state index >= 15 is 0 Å². The molecule has 0 fully saturated rings. The number of amides is 1. The number of halogens is 3. The Morgan fingerprint density at radius 1 is 1.28 bits per heavy atom. The Morgan fingerprint density at radius 3 is 2.59 bits per heavy atom. The molecule has 1 aliphatic heterocycles. The van der Waals surface area contributed by atoms with Gasteiger partial charge in [-0.05, 0) is 42.7 Å². The van der Waals surface area contributed by atoms with Crippen molar-refractivity contribution in [1.82, 2.24) is 4.31 Å². The van der Waals surface area contributed by atoms with Gasteiger partial charge in [-0.15, -0.1) is 0 Å². The summed E-state index contributed by atoms with van der Waals surface area (Å²) in [6.07, 6.45) is 0.224. The fourth-order valence-corrected chi connectivity index (χ4v) is 4.63. The van der Waals surface area contributed by atoms with E-state index in [0.29, 0.717) is 0 Å². The van der Waals surface area contributed by atoms with Gasteiger partial charge in [0.2, 0.25) is 15.9 Å². The molecule has 1 aliphatic rings. The normalized spacial score (nSPS) is 17.1. The Morgan fingerprint density at radius 2 is 1.97 bits per heavy atom. The molecule has 1 amide bonds. The van der Waals surface area contributed by atoms with Gasteiger partial charge in [0.05, 0.1) is 10.8 Å². The van der Waals surface area contributed by atoms with Crippen molar-refractivity contribution in [1.29, 1.82) is 0 Å². The first-order valence-electron chi connectivity index (χ1n) is 8.82. The van der Waals surface area contributed by atoms with Gasteiger partial charge in [-0.3, -0.25) is 4.79 Å². The molecule has 0 aromatic heterocycles. The fourth-order valence-electron chi connectivity index (χ4n) is 3.18. The number of hydrogen-bond donors (Lipinski definition) is 1. The second-order valence-corrected chi connectivity index (χ2v) is 9.06. The molecular formula is C19H19ClF2N2O4S. The van der Waals surface area contributed by atoms with Crippen LogP contribution in [0.25, 0.3) is 0 Å². The molecule has 156 valence electrons.